The molecule has 2 N–H and O–H groups in total. The number of hydrogen-bond donors (Lipinski definition) is 2. The second-order valence-corrected chi connectivity index (χ2v) is 8.23. The lowest BCUT2D eigenvalue weighted by Gasteiger charge is -2.27. The molecule has 8 nitrogen and oxygen atoms in total. The summed E-state index contributed by atoms with van der Waals surface area (Å²) in [5.41, 5.74) is 0.907. The topological polar surface area (TPSA) is 86.6 Å². The van der Waals surface area contributed by atoms with Gasteiger partial charge in [0.05, 0.1) is 24.4 Å². The number of aliphatic hydroxyl groups is 1. The molecule has 2 atom stereocenters. The van der Waals surface area contributed by atoms with E-state index < -0.39 is 0 Å². The van der Waals surface area contributed by atoms with E-state index in [2.05, 4.69) is 30.1 Å². The van der Waals surface area contributed by atoms with Crippen molar-refractivity contribution >= 4 is 11.6 Å². The fraction of sp³-hybridized carbons (Fsp3) is 0.571. The highest BCUT2D eigenvalue weighted by Crippen LogP contribution is 2.27. The fourth-order valence-corrected chi connectivity index (χ4v) is 3.86. The summed E-state index contributed by atoms with van der Waals surface area (Å²) in [4.78, 5) is 17.5. The first-order valence-electron chi connectivity index (χ1n) is 10.3. The second kappa shape index (κ2) is 8.92. The zero-order valence-electron chi connectivity index (χ0n) is 17.2. The number of pyridine rings is 1. The van der Waals surface area contributed by atoms with Crippen LogP contribution in [0.2, 0.25) is 0 Å². The molecule has 0 amide bonds. The van der Waals surface area contributed by atoms with E-state index in [1.54, 1.807) is 12.5 Å². The van der Waals surface area contributed by atoms with Crippen LogP contribution in [0.25, 0.3) is 0 Å². The maximum atomic E-state index is 10.1. The zero-order chi connectivity index (χ0) is 20.2. The number of aromatic nitrogens is 3. The van der Waals surface area contributed by atoms with Gasteiger partial charge in [0.1, 0.15) is 23.7 Å². The standard InChI is InChI=1S/C21H30N6O2/c1-26(2)12-16-9-17(28)13-27(16)21-10-20(24-14-25-21)23-11-15-8-19(6-7-22-15)29-18-4-3-5-18/h6-8,10,14,16-18,28H,3-5,9,11-13H2,1-2H3,(H,23,24,25)/t16-,17-/m1/s1. The van der Waals surface area contributed by atoms with Crippen LogP contribution in [0.5, 0.6) is 5.75 Å². The van der Waals surface area contributed by atoms with Gasteiger partial charge in [-0.3, -0.25) is 4.98 Å². The summed E-state index contributed by atoms with van der Waals surface area (Å²) in [6.45, 7) is 2.03. The van der Waals surface area contributed by atoms with Gasteiger partial charge < -0.3 is 25.0 Å². The number of aliphatic hydroxyl groups excluding tert-OH is 1. The number of nitrogens with zero attached hydrogens (tertiary/aromatic N) is 5. The van der Waals surface area contributed by atoms with Gasteiger partial charge in [0.2, 0.25) is 0 Å². The van der Waals surface area contributed by atoms with Crippen molar-refractivity contribution in [2.24, 2.45) is 0 Å². The highest BCUT2D eigenvalue weighted by Gasteiger charge is 2.32. The first-order valence-corrected chi connectivity index (χ1v) is 10.3. The summed E-state index contributed by atoms with van der Waals surface area (Å²) in [6, 6.07) is 6.07. The average Bonchev–Trinajstić information content (AvgIpc) is 3.03. The minimum absolute atomic E-state index is 0.241. The predicted molar refractivity (Wildman–Crippen MR) is 112 cm³/mol. The summed E-state index contributed by atoms with van der Waals surface area (Å²) in [7, 11) is 4.09. The lowest BCUT2D eigenvalue weighted by molar-refractivity contribution is 0.120. The maximum absolute atomic E-state index is 10.1. The highest BCUT2D eigenvalue weighted by atomic mass is 16.5. The zero-order valence-corrected chi connectivity index (χ0v) is 17.2. The molecule has 1 aliphatic heterocycles. The molecule has 156 valence electrons. The number of nitrogens with one attached hydrogen (secondary N) is 1. The summed E-state index contributed by atoms with van der Waals surface area (Å²) in [5.74, 6) is 2.45. The van der Waals surface area contributed by atoms with Crippen molar-refractivity contribution in [2.45, 2.75) is 50.5 Å². The third-order valence-corrected chi connectivity index (χ3v) is 5.51. The number of ether oxygens (including phenoxy) is 1. The maximum Gasteiger partial charge on any atom is 0.134 e. The van der Waals surface area contributed by atoms with Crippen molar-refractivity contribution < 1.29 is 9.84 Å². The molecule has 2 aliphatic rings. The Morgan fingerprint density at radius 3 is 2.86 bits per heavy atom. The third kappa shape index (κ3) is 5.13. The lowest BCUT2D eigenvalue weighted by atomic mass is 9.96. The van der Waals surface area contributed by atoms with E-state index in [4.69, 9.17) is 4.74 Å². The Bertz CT molecular complexity index is 813. The molecule has 29 heavy (non-hydrogen) atoms. The van der Waals surface area contributed by atoms with Gasteiger partial charge in [0.25, 0.3) is 0 Å². The van der Waals surface area contributed by atoms with Crippen LogP contribution in [0, 0.1) is 0 Å². The summed E-state index contributed by atoms with van der Waals surface area (Å²) >= 11 is 0. The van der Waals surface area contributed by atoms with Crippen LogP contribution in [0.1, 0.15) is 31.4 Å². The van der Waals surface area contributed by atoms with Gasteiger partial charge in [-0.25, -0.2) is 9.97 Å². The van der Waals surface area contributed by atoms with E-state index in [1.165, 1.54) is 6.42 Å². The molecule has 1 saturated carbocycles. The third-order valence-electron chi connectivity index (χ3n) is 5.51. The first kappa shape index (κ1) is 19.8. The van der Waals surface area contributed by atoms with Crippen LogP contribution in [0.4, 0.5) is 11.6 Å². The Kier molecular flexibility index (Phi) is 6.10. The quantitative estimate of drug-likeness (QED) is 0.697. The normalized spacial score (nSPS) is 22.0. The molecule has 3 heterocycles. The van der Waals surface area contributed by atoms with Crippen LogP contribution < -0.4 is 15.0 Å². The molecular weight excluding hydrogens is 368 g/mol. The Morgan fingerprint density at radius 2 is 2.10 bits per heavy atom. The lowest BCUT2D eigenvalue weighted by Crippen LogP contribution is -2.38. The molecule has 0 spiro atoms. The van der Waals surface area contributed by atoms with E-state index in [-0.39, 0.29) is 12.1 Å². The number of β-amino-alcohol motifs (C(OH)–C–C–N with tert-alkyl or cyclic N) is 1. The molecule has 1 aliphatic carbocycles. The van der Waals surface area contributed by atoms with Gasteiger partial charge >= 0.3 is 0 Å². The Balaban J connectivity index is 1.39. The number of hydrogen-bond acceptors (Lipinski definition) is 8. The predicted octanol–water partition coefficient (Wildman–Crippen LogP) is 1.92. The van der Waals surface area contributed by atoms with E-state index in [1.807, 2.05) is 32.3 Å². The van der Waals surface area contributed by atoms with Gasteiger partial charge in [0.15, 0.2) is 0 Å². The largest absolute Gasteiger partial charge is 0.490 e. The van der Waals surface area contributed by atoms with Gasteiger partial charge in [-0.05, 0) is 45.8 Å². The summed E-state index contributed by atoms with van der Waals surface area (Å²) < 4.78 is 5.96. The molecular formula is C21H30N6O2. The minimum Gasteiger partial charge on any atom is -0.490 e. The molecule has 1 saturated heterocycles. The second-order valence-electron chi connectivity index (χ2n) is 8.23. The SMILES string of the molecule is CN(C)C[C@H]1C[C@@H](O)CN1c1cc(NCc2cc(OC3CCC3)ccn2)ncn1. The highest BCUT2D eigenvalue weighted by molar-refractivity contribution is 5.50. The van der Waals surface area contributed by atoms with Gasteiger partial charge in [-0.15, -0.1) is 0 Å². The van der Waals surface area contributed by atoms with Gasteiger partial charge in [0, 0.05) is 37.5 Å². The molecule has 0 radical (unpaired) electrons. The molecule has 0 aromatic carbocycles. The summed E-state index contributed by atoms with van der Waals surface area (Å²) in [6.07, 6.45) is 7.67. The Morgan fingerprint density at radius 1 is 1.24 bits per heavy atom. The van der Waals surface area contributed by atoms with Crippen molar-refractivity contribution in [3.63, 3.8) is 0 Å². The van der Waals surface area contributed by atoms with E-state index >= 15 is 0 Å². The number of anilines is 2. The van der Waals surface area contributed by atoms with E-state index in [0.717, 1.165) is 48.9 Å². The first-order chi connectivity index (χ1) is 14.1. The molecule has 8 heteroatoms. The number of likely N-dealkylation sites (N-methyl/N-ethyl adjacent to an activating group) is 1. The van der Waals surface area contributed by atoms with Crippen molar-refractivity contribution in [1.82, 2.24) is 19.9 Å². The molecule has 4 rings (SSSR count). The van der Waals surface area contributed by atoms with Crippen LogP contribution in [-0.2, 0) is 6.54 Å². The average molecular weight is 399 g/mol. The summed E-state index contributed by atoms with van der Waals surface area (Å²) in [5, 5.41) is 13.5. The number of rotatable bonds is 8. The van der Waals surface area contributed by atoms with Gasteiger partial charge in [-0.2, -0.15) is 0 Å². The van der Waals surface area contributed by atoms with Crippen molar-refractivity contribution in [2.75, 3.05) is 37.4 Å². The molecule has 0 bridgehead atoms. The Hall–Kier alpha value is -2.45. The molecule has 2 fully saturated rings. The van der Waals surface area contributed by atoms with Gasteiger partial charge in [-0.1, -0.05) is 0 Å². The van der Waals surface area contributed by atoms with Crippen LogP contribution in [-0.4, -0.2) is 70.4 Å². The van der Waals surface area contributed by atoms with Crippen LogP contribution >= 0.6 is 0 Å². The minimum atomic E-state index is -0.325. The monoisotopic (exact) mass is 398 g/mol. The van der Waals surface area contributed by atoms with Crippen molar-refractivity contribution in [1.29, 1.82) is 0 Å². The molecule has 2 aromatic heterocycles. The van der Waals surface area contributed by atoms with Crippen LogP contribution in [0.3, 0.4) is 0 Å². The van der Waals surface area contributed by atoms with Crippen LogP contribution in [0.15, 0.2) is 30.7 Å². The fourth-order valence-electron chi connectivity index (χ4n) is 3.86. The smallest absolute Gasteiger partial charge is 0.134 e. The van der Waals surface area contributed by atoms with Crippen molar-refractivity contribution in [3.05, 3.63) is 36.4 Å². The molecule has 0 unspecified atom stereocenters. The van der Waals surface area contributed by atoms with E-state index in [0.29, 0.717) is 19.2 Å². The van der Waals surface area contributed by atoms with Crippen molar-refractivity contribution in [3.8, 4) is 5.75 Å². The Labute approximate surface area is 171 Å². The van der Waals surface area contributed by atoms with E-state index in [9.17, 15) is 5.11 Å². The molecule has 2 aromatic rings.